The number of ether oxygens (including phenoxy) is 1. The molecule has 2 amide bonds. The number of aliphatic hydroxyl groups is 2. The van der Waals surface area contributed by atoms with Gasteiger partial charge in [0.25, 0.3) is 0 Å². The Morgan fingerprint density at radius 2 is 1.42 bits per heavy atom. The van der Waals surface area contributed by atoms with Crippen molar-refractivity contribution in [2.45, 2.75) is 103 Å². The number of carboxylic acids is 1. The van der Waals surface area contributed by atoms with E-state index in [0.29, 0.717) is 6.42 Å². The number of carboxylic acid groups (broad SMARTS) is 1. The SMILES string of the molecule is CCCCCCCC/C=C\CCCCCCCC(=O)O.NC(=O)NC(CO)OCCO. The van der Waals surface area contributed by atoms with Crippen LogP contribution in [0.25, 0.3) is 0 Å². The van der Waals surface area contributed by atoms with Crippen LogP contribution < -0.4 is 11.1 Å². The van der Waals surface area contributed by atoms with Crippen LogP contribution in [-0.4, -0.2) is 53.4 Å². The number of nitrogens with two attached hydrogens (primary N) is 1. The summed E-state index contributed by atoms with van der Waals surface area (Å²) in [5.74, 6) is -0.664. The van der Waals surface area contributed by atoms with Gasteiger partial charge >= 0.3 is 12.0 Å². The number of primary amides is 1. The van der Waals surface area contributed by atoms with Gasteiger partial charge < -0.3 is 31.1 Å². The third-order valence-electron chi connectivity index (χ3n) is 4.53. The number of nitrogens with one attached hydrogen (secondary N) is 1. The Kier molecular flexibility index (Phi) is 26.9. The summed E-state index contributed by atoms with van der Waals surface area (Å²) in [6.07, 6.45) is 20.4. The Morgan fingerprint density at radius 3 is 1.87 bits per heavy atom. The molecule has 8 heteroatoms. The van der Waals surface area contributed by atoms with Crippen LogP contribution in [0.4, 0.5) is 4.79 Å². The number of unbranched alkanes of at least 4 members (excludes halogenated alkanes) is 11. The molecular weight excluding hydrogens is 400 g/mol. The molecule has 0 saturated carbocycles. The molecule has 0 aliphatic rings. The fraction of sp³-hybridized carbons (Fsp3) is 0.826. The molecule has 0 aromatic rings. The van der Waals surface area contributed by atoms with E-state index in [9.17, 15) is 9.59 Å². The van der Waals surface area contributed by atoms with Crippen molar-refractivity contribution < 1.29 is 29.6 Å². The maximum absolute atomic E-state index is 10.3. The number of allylic oxidation sites excluding steroid dienone is 2. The standard InChI is InChI=1S/C18H34O2.C5H12N2O4/c1-2-3-4-5-6-7-8-9-10-11-12-13-14-15-16-17-18(19)20;6-5(10)7-4(3-9)11-2-1-8/h9-10H,2-8,11-17H2,1H3,(H,19,20);4,8-9H,1-3H2,(H3,6,7,10)/b10-9-;. The molecule has 0 aromatic heterocycles. The molecule has 0 aliphatic heterocycles. The number of amides is 2. The Labute approximate surface area is 188 Å². The molecule has 0 spiro atoms. The monoisotopic (exact) mass is 446 g/mol. The minimum Gasteiger partial charge on any atom is -0.481 e. The Morgan fingerprint density at radius 1 is 0.903 bits per heavy atom. The number of aliphatic hydroxyl groups excluding tert-OH is 2. The van der Waals surface area contributed by atoms with E-state index in [1.807, 2.05) is 0 Å². The summed E-state index contributed by atoms with van der Waals surface area (Å²) in [7, 11) is 0. The third-order valence-corrected chi connectivity index (χ3v) is 4.53. The first-order valence-electron chi connectivity index (χ1n) is 11.7. The lowest BCUT2D eigenvalue weighted by atomic mass is 10.1. The van der Waals surface area contributed by atoms with Crippen molar-refractivity contribution in [1.29, 1.82) is 0 Å². The lowest BCUT2D eigenvalue weighted by Gasteiger charge is -2.14. The molecule has 0 rings (SSSR count). The van der Waals surface area contributed by atoms with Crippen LogP contribution in [0.3, 0.4) is 0 Å². The normalized spacial score (nSPS) is 11.7. The second-order valence-electron chi connectivity index (χ2n) is 7.50. The number of hydrogen-bond donors (Lipinski definition) is 5. The maximum atomic E-state index is 10.3. The average Bonchev–Trinajstić information content (AvgIpc) is 2.74. The first-order valence-corrected chi connectivity index (χ1v) is 11.7. The van der Waals surface area contributed by atoms with Crippen LogP contribution in [0.15, 0.2) is 12.2 Å². The van der Waals surface area contributed by atoms with Crippen molar-refractivity contribution in [3.05, 3.63) is 12.2 Å². The first-order chi connectivity index (χ1) is 15.0. The van der Waals surface area contributed by atoms with Crippen LogP contribution in [-0.2, 0) is 9.53 Å². The van der Waals surface area contributed by atoms with Gasteiger partial charge in [0.15, 0.2) is 6.23 Å². The van der Waals surface area contributed by atoms with Gasteiger partial charge in [-0.3, -0.25) is 4.79 Å². The van der Waals surface area contributed by atoms with Crippen LogP contribution in [0.1, 0.15) is 96.8 Å². The minimum atomic E-state index is -0.834. The summed E-state index contributed by atoms with van der Waals surface area (Å²) in [5.41, 5.74) is 4.74. The molecule has 1 atom stereocenters. The quantitative estimate of drug-likeness (QED) is 0.108. The van der Waals surface area contributed by atoms with Gasteiger partial charge in [-0.05, 0) is 32.1 Å². The highest BCUT2D eigenvalue weighted by Gasteiger charge is 2.07. The maximum Gasteiger partial charge on any atom is 0.314 e. The van der Waals surface area contributed by atoms with Gasteiger partial charge in [-0.2, -0.15) is 0 Å². The molecule has 0 aliphatic carbocycles. The highest BCUT2D eigenvalue weighted by atomic mass is 16.5. The number of carbonyl (C=O) groups excluding carboxylic acids is 1. The molecular formula is C23H46N2O6. The molecule has 0 heterocycles. The number of carbonyl (C=O) groups is 2. The molecule has 0 radical (unpaired) electrons. The van der Waals surface area contributed by atoms with Crippen molar-refractivity contribution >= 4 is 12.0 Å². The lowest BCUT2D eigenvalue weighted by Crippen LogP contribution is -2.42. The van der Waals surface area contributed by atoms with Crippen LogP contribution in [0.5, 0.6) is 0 Å². The largest absolute Gasteiger partial charge is 0.481 e. The average molecular weight is 447 g/mol. The molecule has 0 bridgehead atoms. The molecule has 0 aromatic carbocycles. The van der Waals surface area contributed by atoms with E-state index >= 15 is 0 Å². The van der Waals surface area contributed by atoms with E-state index in [2.05, 4.69) is 24.4 Å². The third kappa shape index (κ3) is 30.6. The lowest BCUT2D eigenvalue weighted by molar-refractivity contribution is -0.137. The summed E-state index contributed by atoms with van der Waals surface area (Å²) in [6, 6.07) is -0.776. The Bertz CT molecular complexity index is 432. The molecule has 0 saturated heterocycles. The van der Waals surface area contributed by atoms with E-state index in [1.165, 1.54) is 70.6 Å². The smallest absolute Gasteiger partial charge is 0.314 e. The zero-order chi connectivity index (χ0) is 23.6. The fourth-order valence-corrected chi connectivity index (χ4v) is 2.84. The van der Waals surface area contributed by atoms with E-state index in [4.69, 9.17) is 25.8 Å². The minimum absolute atomic E-state index is 0.0471. The van der Waals surface area contributed by atoms with Crippen molar-refractivity contribution in [3.63, 3.8) is 0 Å². The van der Waals surface area contributed by atoms with Gasteiger partial charge in [0.2, 0.25) is 0 Å². The summed E-state index contributed by atoms with van der Waals surface area (Å²) in [5, 5.41) is 27.4. The van der Waals surface area contributed by atoms with E-state index < -0.39 is 18.2 Å². The molecule has 184 valence electrons. The van der Waals surface area contributed by atoms with Gasteiger partial charge in [-0.15, -0.1) is 0 Å². The van der Waals surface area contributed by atoms with Crippen LogP contribution >= 0.6 is 0 Å². The van der Waals surface area contributed by atoms with Crippen LogP contribution in [0.2, 0.25) is 0 Å². The Balaban J connectivity index is 0. The van der Waals surface area contributed by atoms with E-state index in [0.717, 1.165) is 12.8 Å². The van der Waals surface area contributed by atoms with Gasteiger partial charge in [-0.1, -0.05) is 70.4 Å². The van der Waals surface area contributed by atoms with Gasteiger partial charge in [0.1, 0.15) is 0 Å². The predicted octanol–water partition coefficient (Wildman–Crippen LogP) is 4.09. The van der Waals surface area contributed by atoms with Gasteiger partial charge in [0, 0.05) is 6.42 Å². The molecule has 8 nitrogen and oxygen atoms in total. The zero-order valence-electron chi connectivity index (χ0n) is 19.4. The number of hydrogen-bond acceptors (Lipinski definition) is 5. The van der Waals surface area contributed by atoms with Gasteiger partial charge in [-0.25, -0.2) is 4.79 Å². The summed E-state index contributed by atoms with van der Waals surface area (Å²) < 4.78 is 4.74. The summed E-state index contributed by atoms with van der Waals surface area (Å²) in [6.45, 7) is 1.76. The molecule has 1 unspecified atom stereocenters. The topological polar surface area (TPSA) is 142 Å². The van der Waals surface area contributed by atoms with E-state index in [1.54, 1.807) is 0 Å². The van der Waals surface area contributed by atoms with Crippen molar-refractivity contribution in [2.24, 2.45) is 5.73 Å². The van der Waals surface area contributed by atoms with Crippen molar-refractivity contribution in [2.75, 3.05) is 19.8 Å². The van der Waals surface area contributed by atoms with Gasteiger partial charge in [0.05, 0.1) is 19.8 Å². The highest BCUT2D eigenvalue weighted by molar-refractivity contribution is 5.71. The molecule has 0 fully saturated rings. The van der Waals surface area contributed by atoms with Crippen molar-refractivity contribution in [1.82, 2.24) is 5.32 Å². The predicted molar refractivity (Wildman–Crippen MR) is 124 cm³/mol. The van der Waals surface area contributed by atoms with Crippen LogP contribution in [0, 0.1) is 0 Å². The number of urea groups is 1. The zero-order valence-corrected chi connectivity index (χ0v) is 19.4. The second-order valence-corrected chi connectivity index (χ2v) is 7.50. The number of aliphatic carboxylic acids is 1. The van der Waals surface area contributed by atoms with E-state index in [-0.39, 0.29) is 19.8 Å². The molecule has 6 N–H and O–H groups in total. The molecule has 31 heavy (non-hydrogen) atoms. The Hall–Kier alpha value is -1.64. The highest BCUT2D eigenvalue weighted by Crippen LogP contribution is 2.09. The number of rotatable bonds is 20. The summed E-state index contributed by atoms with van der Waals surface area (Å²) in [4.78, 5) is 20.5. The second kappa shape index (κ2) is 26.4. The first kappa shape index (κ1) is 31.5. The summed E-state index contributed by atoms with van der Waals surface area (Å²) >= 11 is 0. The fourth-order valence-electron chi connectivity index (χ4n) is 2.84. The van der Waals surface area contributed by atoms with Crippen molar-refractivity contribution in [3.8, 4) is 0 Å².